The van der Waals surface area contributed by atoms with Crippen LogP contribution >= 0.6 is 11.6 Å². The number of sulfonamides is 1. The number of alkyl halides is 3. The SMILES string of the molecule is CNC(=O)[C@H](C)N(Cc1ccccc1C)C(=O)CN(c1cc(C(F)(F)F)ccc1Cl)S(=O)(=O)c1ccccc1. The quantitative estimate of drug-likeness (QED) is 0.384. The summed E-state index contributed by atoms with van der Waals surface area (Å²) >= 11 is 6.22. The summed E-state index contributed by atoms with van der Waals surface area (Å²) in [4.78, 5) is 27.2. The molecular formula is C27H27ClF3N3O4S. The van der Waals surface area contributed by atoms with Gasteiger partial charge in [0.15, 0.2) is 0 Å². The van der Waals surface area contributed by atoms with Gasteiger partial charge in [0.2, 0.25) is 11.8 Å². The van der Waals surface area contributed by atoms with E-state index in [9.17, 15) is 31.2 Å². The number of aryl methyl sites for hydroxylation is 1. The summed E-state index contributed by atoms with van der Waals surface area (Å²) in [5.74, 6) is -1.33. The molecule has 0 spiro atoms. The number of hydrogen-bond donors (Lipinski definition) is 1. The molecule has 12 heteroatoms. The summed E-state index contributed by atoms with van der Waals surface area (Å²) < 4.78 is 68.6. The van der Waals surface area contributed by atoms with E-state index in [0.717, 1.165) is 17.7 Å². The molecule has 0 aliphatic heterocycles. The van der Waals surface area contributed by atoms with Crippen LogP contribution in [0.4, 0.5) is 18.9 Å². The highest BCUT2D eigenvalue weighted by Gasteiger charge is 2.36. The highest BCUT2D eigenvalue weighted by atomic mass is 35.5. The van der Waals surface area contributed by atoms with E-state index in [1.165, 1.54) is 43.1 Å². The van der Waals surface area contributed by atoms with E-state index in [2.05, 4.69) is 5.32 Å². The standard InChI is InChI=1S/C27H27ClF3N3O4S/c1-18-9-7-8-10-20(18)16-33(19(2)26(36)32-3)25(35)17-34(39(37,38)22-11-5-4-6-12-22)24-15-21(27(29,30)31)13-14-23(24)28/h4-15,19H,16-17H2,1-3H3,(H,32,36)/t19-/m0/s1. The van der Waals surface area contributed by atoms with Gasteiger partial charge >= 0.3 is 6.18 Å². The number of rotatable bonds is 9. The molecule has 3 aromatic rings. The van der Waals surface area contributed by atoms with Crippen molar-refractivity contribution in [3.63, 3.8) is 0 Å². The third-order valence-electron chi connectivity index (χ3n) is 6.17. The van der Waals surface area contributed by atoms with Crippen LogP contribution in [0.25, 0.3) is 0 Å². The van der Waals surface area contributed by atoms with E-state index in [4.69, 9.17) is 11.6 Å². The normalized spacial score (nSPS) is 12.5. The Hall–Kier alpha value is -3.57. The van der Waals surface area contributed by atoms with Gasteiger partial charge in [0, 0.05) is 13.6 Å². The first-order valence-corrected chi connectivity index (χ1v) is 13.6. The number of carbonyl (C=O) groups is 2. The minimum absolute atomic E-state index is 0.0460. The molecule has 0 saturated heterocycles. The number of nitrogens with one attached hydrogen (secondary N) is 1. The third-order valence-corrected chi connectivity index (χ3v) is 8.26. The van der Waals surface area contributed by atoms with Gasteiger partial charge in [-0.1, -0.05) is 54.1 Å². The molecule has 0 aromatic heterocycles. The van der Waals surface area contributed by atoms with Gasteiger partial charge in [0.25, 0.3) is 10.0 Å². The fourth-order valence-electron chi connectivity index (χ4n) is 3.88. The monoisotopic (exact) mass is 581 g/mol. The van der Waals surface area contributed by atoms with Crippen LogP contribution in [0, 0.1) is 6.92 Å². The van der Waals surface area contributed by atoms with Crippen LogP contribution in [0.5, 0.6) is 0 Å². The molecule has 0 radical (unpaired) electrons. The number of hydrogen-bond acceptors (Lipinski definition) is 4. The fourth-order valence-corrected chi connectivity index (χ4v) is 5.59. The maximum atomic E-state index is 13.8. The topological polar surface area (TPSA) is 86.8 Å². The Morgan fingerprint density at radius 3 is 2.21 bits per heavy atom. The Balaban J connectivity index is 2.14. The van der Waals surface area contributed by atoms with Crippen LogP contribution in [0.3, 0.4) is 0 Å². The second-order valence-corrected chi connectivity index (χ2v) is 11.0. The average Bonchev–Trinajstić information content (AvgIpc) is 2.90. The van der Waals surface area contributed by atoms with Crippen LogP contribution in [0.15, 0.2) is 77.7 Å². The summed E-state index contributed by atoms with van der Waals surface area (Å²) in [6.07, 6.45) is -4.80. The molecule has 0 bridgehead atoms. The summed E-state index contributed by atoms with van der Waals surface area (Å²) in [5.41, 5.74) is -0.129. The Bertz CT molecular complexity index is 1450. The number of likely N-dealkylation sites (N-methyl/N-ethyl adjacent to an activating group) is 1. The third kappa shape index (κ3) is 6.90. The number of anilines is 1. The van der Waals surface area contributed by atoms with E-state index in [-0.39, 0.29) is 16.5 Å². The zero-order valence-corrected chi connectivity index (χ0v) is 22.9. The van der Waals surface area contributed by atoms with Gasteiger partial charge in [0.05, 0.1) is 21.2 Å². The molecule has 0 heterocycles. The maximum absolute atomic E-state index is 13.8. The first-order chi connectivity index (χ1) is 18.3. The van der Waals surface area contributed by atoms with E-state index < -0.39 is 51.9 Å². The van der Waals surface area contributed by atoms with Crippen molar-refractivity contribution >= 4 is 39.1 Å². The van der Waals surface area contributed by atoms with Crippen LogP contribution < -0.4 is 9.62 Å². The number of carbonyl (C=O) groups excluding carboxylic acids is 2. The van der Waals surface area contributed by atoms with Crippen molar-refractivity contribution in [3.8, 4) is 0 Å². The lowest BCUT2D eigenvalue weighted by molar-refractivity contribution is -0.139. The first-order valence-electron chi connectivity index (χ1n) is 11.8. The number of halogens is 4. The lowest BCUT2D eigenvalue weighted by atomic mass is 10.1. The first kappa shape index (κ1) is 30.0. The van der Waals surface area contributed by atoms with Gasteiger partial charge in [-0.25, -0.2) is 8.42 Å². The molecule has 1 atom stereocenters. The highest BCUT2D eigenvalue weighted by molar-refractivity contribution is 7.92. The van der Waals surface area contributed by atoms with Crippen LogP contribution in [-0.4, -0.2) is 44.8 Å². The number of benzene rings is 3. The smallest absolute Gasteiger partial charge is 0.357 e. The fraction of sp³-hybridized carbons (Fsp3) is 0.259. The summed E-state index contributed by atoms with van der Waals surface area (Å²) in [7, 11) is -3.17. The van der Waals surface area contributed by atoms with Gasteiger partial charge in [-0.2, -0.15) is 13.2 Å². The van der Waals surface area contributed by atoms with Crippen LogP contribution in [0.1, 0.15) is 23.6 Å². The molecule has 0 aliphatic carbocycles. The van der Waals surface area contributed by atoms with Crippen molar-refractivity contribution in [2.45, 2.75) is 37.5 Å². The molecule has 7 nitrogen and oxygen atoms in total. The largest absolute Gasteiger partial charge is 0.416 e. The molecule has 3 rings (SSSR count). The van der Waals surface area contributed by atoms with Crippen molar-refractivity contribution in [3.05, 3.63) is 94.5 Å². The Morgan fingerprint density at radius 1 is 1.00 bits per heavy atom. The lowest BCUT2D eigenvalue weighted by Gasteiger charge is -2.32. The lowest BCUT2D eigenvalue weighted by Crippen LogP contribution is -2.50. The van der Waals surface area contributed by atoms with E-state index in [0.29, 0.717) is 15.9 Å². The number of nitrogens with zero attached hydrogens (tertiary/aromatic N) is 2. The van der Waals surface area contributed by atoms with Crippen molar-refractivity contribution < 1.29 is 31.2 Å². The maximum Gasteiger partial charge on any atom is 0.416 e. The minimum atomic E-state index is -4.80. The number of amides is 2. The summed E-state index contributed by atoms with van der Waals surface area (Å²) in [6, 6.07) is 15.3. The zero-order valence-electron chi connectivity index (χ0n) is 21.4. The van der Waals surface area contributed by atoms with E-state index in [1.54, 1.807) is 24.3 Å². The minimum Gasteiger partial charge on any atom is -0.357 e. The molecule has 3 aromatic carbocycles. The van der Waals surface area contributed by atoms with Crippen LogP contribution in [0.2, 0.25) is 5.02 Å². The van der Waals surface area contributed by atoms with Gasteiger partial charge in [-0.3, -0.25) is 13.9 Å². The zero-order chi connectivity index (χ0) is 29.0. The van der Waals surface area contributed by atoms with Gasteiger partial charge in [-0.05, 0) is 55.3 Å². The molecule has 1 N–H and O–H groups in total. The molecule has 208 valence electrons. The molecule has 0 unspecified atom stereocenters. The summed E-state index contributed by atoms with van der Waals surface area (Å²) in [5, 5.41) is 2.16. The molecular weight excluding hydrogens is 555 g/mol. The highest BCUT2D eigenvalue weighted by Crippen LogP contribution is 2.37. The van der Waals surface area contributed by atoms with E-state index in [1.807, 2.05) is 13.0 Å². The Morgan fingerprint density at radius 2 is 1.62 bits per heavy atom. The predicted octanol–water partition coefficient (Wildman–Crippen LogP) is 5.03. The van der Waals surface area contributed by atoms with Gasteiger partial charge in [-0.15, -0.1) is 0 Å². The second kappa shape index (κ2) is 12.1. The predicted molar refractivity (Wildman–Crippen MR) is 143 cm³/mol. The van der Waals surface area contributed by atoms with E-state index >= 15 is 0 Å². The van der Waals surface area contributed by atoms with Crippen molar-refractivity contribution in [2.24, 2.45) is 0 Å². The molecule has 39 heavy (non-hydrogen) atoms. The Labute approximate surface area is 230 Å². The second-order valence-electron chi connectivity index (χ2n) is 8.73. The summed E-state index contributed by atoms with van der Waals surface area (Å²) in [6.45, 7) is 2.33. The average molecular weight is 582 g/mol. The van der Waals surface area contributed by atoms with Crippen LogP contribution in [-0.2, 0) is 32.3 Å². The van der Waals surface area contributed by atoms with Crippen molar-refractivity contribution in [1.29, 1.82) is 0 Å². The molecule has 0 aliphatic rings. The molecule has 0 fully saturated rings. The van der Waals surface area contributed by atoms with Gasteiger partial charge < -0.3 is 10.2 Å². The molecule has 2 amide bonds. The van der Waals surface area contributed by atoms with Crippen molar-refractivity contribution in [2.75, 3.05) is 17.9 Å². The molecule has 0 saturated carbocycles. The van der Waals surface area contributed by atoms with Gasteiger partial charge in [0.1, 0.15) is 12.6 Å². The van der Waals surface area contributed by atoms with Crippen molar-refractivity contribution in [1.82, 2.24) is 10.2 Å². The Kier molecular flexibility index (Phi) is 9.29.